The van der Waals surface area contributed by atoms with Gasteiger partial charge in [0.05, 0.1) is 17.5 Å². The Bertz CT molecular complexity index is 503. The molecule has 28 heavy (non-hydrogen) atoms. The number of likely N-dealkylation sites (N-methyl/N-ethyl adjacent to an activating group) is 1. The molecule has 0 radical (unpaired) electrons. The van der Waals surface area contributed by atoms with Gasteiger partial charge in [-0.15, -0.1) is 23.4 Å². The number of ether oxygens (including phenoxy) is 1. The van der Waals surface area contributed by atoms with Gasteiger partial charge >= 0.3 is 0 Å². The van der Waals surface area contributed by atoms with E-state index in [1.165, 1.54) is 11.8 Å². The van der Waals surface area contributed by atoms with Crippen molar-refractivity contribution in [2.75, 3.05) is 19.8 Å². The number of alkyl halides is 1. The lowest BCUT2D eigenvalue weighted by atomic mass is 9.92. The highest BCUT2D eigenvalue weighted by Crippen LogP contribution is 2.31. The van der Waals surface area contributed by atoms with Crippen molar-refractivity contribution >= 4 is 29.3 Å². The van der Waals surface area contributed by atoms with Crippen LogP contribution in [0, 0.1) is 5.92 Å². The second-order valence-electron chi connectivity index (χ2n) is 7.73. The SMILES string of the molecule is CCC[C@@H]1C[C@@H](C(=O)N[C@@H]([C@H]2O[C@H](SC)[C@H](O)[C@@H](O)[C@H]2O)[C@@H](C)Cl)N(C)C1.[Cl-]. The number of rotatable bonds is 7. The van der Waals surface area contributed by atoms with Gasteiger partial charge in [-0.25, -0.2) is 0 Å². The molecule has 0 spiro atoms. The molecule has 0 aromatic carbocycles. The van der Waals surface area contributed by atoms with Crippen LogP contribution in [-0.2, 0) is 9.53 Å². The molecule has 4 N–H and O–H groups in total. The average molecular weight is 460 g/mol. The second-order valence-corrected chi connectivity index (χ2v) is 9.36. The monoisotopic (exact) mass is 459 g/mol. The number of likely N-dealkylation sites (tertiary alicyclic amines) is 1. The summed E-state index contributed by atoms with van der Waals surface area (Å²) in [5, 5.41) is 33.0. The minimum absolute atomic E-state index is 0. The molecule has 0 unspecified atom stereocenters. The molecule has 2 heterocycles. The Morgan fingerprint density at radius 1 is 1.32 bits per heavy atom. The maximum Gasteiger partial charge on any atom is 0.237 e. The van der Waals surface area contributed by atoms with Crippen LogP contribution >= 0.6 is 23.4 Å². The maximum atomic E-state index is 12.9. The molecule has 2 fully saturated rings. The van der Waals surface area contributed by atoms with E-state index in [1.807, 2.05) is 11.9 Å². The Labute approximate surface area is 182 Å². The summed E-state index contributed by atoms with van der Waals surface area (Å²) in [6, 6.07) is -0.934. The zero-order valence-electron chi connectivity index (χ0n) is 16.8. The molecule has 1 amide bonds. The van der Waals surface area contributed by atoms with Crippen molar-refractivity contribution in [2.24, 2.45) is 5.92 Å². The summed E-state index contributed by atoms with van der Waals surface area (Å²) in [6.45, 7) is 4.74. The van der Waals surface area contributed by atoms with E-state index >= 15 is 0 Å². The van der Waals surface area contributed by atoms with Crippen LogP contribution in [0.1, 0.15) is 33.1 Å². The topological polar surface area (TPSA) is 102 Å². The lowest BCUT2D eigenvalue weighted by Crippen LogP contribution is -3.00. The number of aliphatic hydroxyl groups excluding tert-OH is 3. The molecule has 2 rings (SSSR count). The predicted molar refractivity (Wildman–Crippen MR) is 107 cm³/mol. The van der Waals surface area contributed by atoms with E-state index in [1.54, 1.807) is 13.2 Å². The smallest absolute Gasteiger partial charge is 0.237 e. The number of carbonyl (C=O) groups is 1. The molecule has 2 saturated heterocycles. The van der Waals surface area contributed by atoms with E-state index in [9.17, 15) is 20.1 Å². The number of aliphatic hydroxyl groups is 3. The number of thioether (sulfide) groups is 1. The number of halogens is 2. The Morgan fingerprint density at radius 3 is 2.50 bits per heavy atom. The van der Waals surface area contributed by atoms with Crippen molar-refractivity contribution in [3.63, 3.8) is 0 Å². The first-order valence-corrected chi connectivity index (χ1v) is 11.3. The van der Waals surface area contributed by atoms with Crippen LogP contribution in [-0.4, -0.2) is 93.3 Å². The van der Waals surface area contributed by atoms with Crippen molar-refractivity contribution in [2.45, 2.75) is 80.4 Å². The number of amides is 1. The van der Waals surface area contributed by atoms with E-state index < -0.39 is 41.3 Å². The molecule has 0 aromatic heterocycles. The van der Waals surface area contributed by atoms with Crippen LogP contribution in [0.3, 0.4) is 0 Å². The van der Waals surface area contributed by atoms with Gasteiger partial charge in [0.25, 0.3) is 0 Å². The summed E-state index contributed by atoms with van der Waals surface area (Å²) in [6.07, 6.45) is -0.0980. The fourth-order valence-corrected chi connectivity index (χ4v) is 5.00. The van der Waals surface area contributed by atoms with Gasteiger partial charge in [0, 0.05) is 6.54 Å². The van der Waals surface area contributed by atoms with Crippen molar-refractivity contribution in [3.05, 3.63) is 0 Å². The van der Waals surface area contributed by atoms with Crippen molar-refractivity contribution in [1.82, 2.24) is 10.2 Å². The van der Waals surface area contributed by atoms with Crippen molar-refractivity contribution in [1.29, 1.82) is 0 Å². The molecule has 7 nitrogen and oxygen atoms in total. The molecule has 2 aliphatic rings. The molecule has 166 valence electrons. The van der Waals surface area contributed by atoms with Crippen LogP contribution in [0.2, 0.25) is 0 Å². The summed E-state index contributed by atoms with van der Waals surface area (Å²) in [4.78, 5) is 14.9. The van der Waals surface area contributed by atoms with E-state index in [0.29, 0.717) is 5.92 Å². The first kappa shape index (κ1) is 26.2. The Balaban J connectivity index is 0.00000392. The minimum atomic E-state index is -1.36. The predicted octanol–water partition coefficient (Wildman–Crippen LogP) is -2.61. The number of hydrogen-bond acceptors (Lipinski definition) is 7. The molecular formula is C18H33Cl2N2O5S-. The van der Waals surface area contributed by atoms with Crippen molar-refractivity contribution < 1.29 is 37.3 Å². The molecule has 0 bridgehead atoms. The first-order chi connectivity index (χ1) is 12.7. The fourth-order valence-electron chi connectivity index (χ4n) is 4.11. The van der Waals surface area contributed by atoms with Gasteiger partial charge < -0.3 is 37.8 Å². The quantitative estimate of drug-likeness (QED) is 0.309. The number of nitrogens with one attached hydrogen (secondary N) is 1. The van der Waals surface area contributed by atoms with Crippen LogP contribution in [0.5, 0.6) is 0 Å². The highest BCUT2D eigenvalue weighted by atomic mass is 35.5. The summed E-state index contributed by atoms with van der Waals surface area (Å²) >= 11 is 7.55. The van der Waals surface area contributed by atoms with E-state index in [2.05, 4.69) is 12.2 Å². The second kappa shape index (κ2) is 11.6. The normalized spacial score (nSPS) is 38.5. The fraction of sp³-hybridized carbons (Fsp3) is 0.944. The third-order valence-corrected chi connectivity index (χ3v) is 6.76. The number of nitrogens with zero attached hydrogens (tertiary/aromatic N) is 1. The van der Waals surface area contributed by atoms with Crippen LogP contribution in [0.25, 0.3) is 0 Å². The van der Waals surface area contributed by atoms with Crippen LogP contribution in [0.15, 0.2) is 0 Å². The van der Waals surface area contributed by atoms with E-state index in [4.69, 9.17) is 16.3 Å². The summed E-state index contributed by atoms with van der Waals surface area (Å²) in [5.41, 5.74) is -0.702. The van der Waals surface area contributed by atoms with Gasteiger partial charge in [0.2, 0.25) is 5.91 Å². The third-order valence-electron chi connectivity index (χ3n) is 5.63. The molecule has 10 heteroatoms. The largest absolute Gasteiger partial charge is 1.00 e. The lowest BCUT2D eigenvalue weighted by molar-refractivity contribution is -0.205. The average Bonchev–Trinajstić information content (AvgIpc) is 2.99. The molecule has 0 aromatic rings. The van der Waals surface area contributed by atoms with Gasteiger partial charge in [-0.2, -0.15) is 0 Å². The maximum absolute atomic E-state index is 12.9. The van der Waals surface area contributed by atoms with E-state index in [-0.39, 0.29) is 24.4 Å². The van der Waals surface area contributed by atoms with E-state index in [0.717, 1.165) is 25.8 Å². The first-order valence-electron chi connectivity index (χ1n) is 9.58. The molecule has 0 saturated carbocycles. The standard InChI is InChI=1S/C18H33ClN2O5S.ClH/c1-5-6-10-7-11(21(3)8-10)17(25)20-12(9(2)19)16-14(23)13(22)15(24)18(26-16)27-4;/h9-16,18,22-24H,5-8H2,1-4H3,(H,20,25);1H/p-1/t9-,10-,11+,12-,13+,14-,15-,16-,18-;/m1./s1. The van der Waals surface area contributed by atoms with Gasteiger partial charge in [-0.1, -0.05) is 13.3 Å². The van der Waals surface area contributed by atoms with Gasteiger partial charge in [-0.3, -0.25) is 9.69 Å². The van der Waals surface area contributed by atoms with Crippen LogP contribution < -0.4 is 17.7 Å². The summed E-state index contributed by atoms with van der Waals surface area (Å²) in [5.74, 6) is 0.350. The summed E-state index contributed by atoms with van der Waals surface area (Å²) < 4.78 is 5.79. The number of carbonyl (C=O) groups excluding carboxylic acids is 1. The molecule has 0 aliphatic carbocycles. The number of hydrogen-bond donors (Lipinski definition) is 4. The highest BCUT2D eigenvalue weighted by molar-refractivity contribution is 7.99. The van der Waals surface area contributed by atoms with Gasteiger partial charge in [0.15, 0.2) is 0 Å². The van der Waals surface area contributed by atoms with Crippen molar-refractivity contribution in [3.8, 4) is 0 Å². The molecule has 2 aliphatic heterocycles. The van der Waals surface area contributed by atoms with Crippen LogP contribution in [0.4, 0.5) is 0 Å². The third kappa shape index (κ3) is 5.88. The zero-order chi connectivity index (χ0) is 20.3. The highest BCUT2D eigenvalue weighted by Gasteiger charge is 2.48. The van der Waals surface area contributed by atoms with Gasteiger partial charge in [-0.05, 0) is 39.0 Å². The van der Waals surface area contributed by atoms with Gasteiger partial charge in [0.1, 0.15) is 29.9 Å². The minimum Gasteiger partial charge on any atom is -1.00 e. The Hall–Kier alpha value is 0.200. The summed E-state index contributed by atoms with van der Waals surface area (Å²) in [7, 11) is 1.94. The zero-order valence-corrected chi connectivity index (χ0v) is 19.1. The molecule has 9 atom stereocenters. The Kier molecular flexibility index (Phi) is 10.8. The lowest BCUT2D eigenvalue weighted by Gasteiger charge is -2.44. The Morgan fingerprint density at radius 2 is 1.96 bits per heavy atom. The molecular weight excluding hydrogens is 427 g/mol.